The van der Waals surface area contributed by atoms with Crippen LogP contribution in [0.2, 0.25) is 0 Å². The summed E-state index contributed by atoms with van der Waals surface area (Å²) in [5.41, 5.74) is -0.771. The smallest absolute Gasteiger partial charge is 0.350 e. The average molecular weight is 308 g/mol. The van der Waals surface area contributed by atoms with Crippen molar-refractivity contribution in [3.63, 3.8) is 0 Å². The van der Waals surface area contributed by atoms with Gasteiger partial charge in [0.1, 0.15) is 6.35 Å². The van der Waals surface area contributed by atoms with Gasteiger partial charge in [0.15, 0.2) is 0 Å². The second-order valence-electron chi connectivity index (χ2n) is 4.18. The van der Waals surface area contributed by atoms with Crippen molar-refractivity contribution in [1.29, 1.82) is 0 Å². The molecular formula is C10H17N2O7P. The molecule has 4 N–H and O–H groups in total. The third kappa shape index (κ3) is 5.03. The van der Waals surface area contributed by atoms with Crippen LogP contribution in [0.15, 0.2) is 15.8 Å². The molecule has 114 valence electrons. The lowest BCUT2D eigenvalue weighted by Gasteiger charge is -2.17. The van der Waals surface area contributed by atoms with Crippen molar-refractivity contribution in [2.24, 2.45) is 0 Å². The molecule has 1 aromatic rings. The summed E-state index contributed by atoms with van der Waals surface area (Å²) in [6.45, 7) is 1.10. The molecule has 0 aliphatic heterocycles. The fraction of sp³-hybridized carbons (Fsp3) is 0.600. The first-order valence-corrected chi connectivity index (χ1v) is 7.66. The van der Waals surface area contributed by atoms with Crippen LogP contribution in [-0.4, -0.2) is 43.5 Å². The van der Waals surface area contributed by atoms with Crippen LogP contribution in [0.1, 0.15) is 12.5 Å². The minimum Gasteiger partial charge on any atom is -0.394 e. The Morgan fingerprint density at radius 1 is 1.45 bits per heavy atom. The van der Waals surface area contributed by atoms with E-state index in [1.54, 1.807) is 6.92 Å². The van der Waals surface area contributed by atoms with Crippen molar-refractivity contribution >= 4 is 7.60 Å². The maximum absolute atomic E-state index is 11.6. The largest absolute Gasteiger partial charge is 0.394 e. The summed E-state index contributed by atoms with van der Waals surface area (Å²) in [6.07, 6.45) is -0.0550. The van der Waals surface area contributed by atoms with Gasteiger partial charge in [0.05, 0.1) is 19.3 Å². The first kappa shape index (κ1) is 16.8. The Kier molecular flexibility index (Phi) is 5.85. The molecule has 0 aromatic carbocycles. The van der Waals surface area contributed by atoms with E-state index in [2.05, 4.69) is 4.98 Å². The van der Waals surface area contributed by atoms with Crippen molar-refractivity contribution in [2.75, 3.05) is 13.0 Å². The lowest BCUT2D eigenvalue weighted by Crippen LogP contribution is -2.36. The Hall–Kier alpha value is -1.25. The Balaban J connectivity index is 2.87. The minimum absolute atomic E-state index is 0.126. The summed E-state index contributed by atoms with van der Waals surface area (Å²) in [6, 6.07) is 0. The predicted molar refractivity (Wildman–Crippen MR) is 69.6 cm³/mol. The Bertz CT molecular complexity index is 602. The highest BCUT2D eigenvalue weighted by atomic mass is 31.2. The summed E-state index contributed by atoms with van der Waals surface area (Å²) in [4.78, 5) is 42.5. The molecule has 1 aromatic heterocycles. The van der Waals surface area contributed by atoms with E-state index in [4.69, 9.17) is 19.6 Å². The number of ether oxygens (including phenoxy) is 1. The highest BCUT2D eigenvalue weighted by Gasteiger charge is 2.18. The highest BCUT2D eigenvalue weighted by Crippen LogP contribution is 2.34. The Morgan fingerprint density at radius 2 is 2.10 bits per heavy atom. The minimum atomic E-state index is -4.35. The summed E-state index contributed by atoms with van der Waals surface area (Å²) < 4.78 is 16.7. The number of aliphatic hydroxyl groups is 1. The van der Waals surface area contributed by atoms with Gasteiger partial charge in [0.25, 0.3) is 5.56 Å². The zero-order valence-electron chi connectivity index (χ0n) is 10.9. The average Bonchev–Trinajstić information content (AvgIpc) is 2.35. The van der Waals surface area contributed by atoms with Gasteiger partial charge in [0, 0.05) is 11.8 Å². The van der Waals surface area contributed by atoms with Crippen LogP contribution in [-0.2, 0) is 22.3 Å². The summed E-state index contributed by atoms with van der Waals surface area (Å²) >= 11 is 0. The summed E-state index contributed by atoms with van der Waals surface area (Å²) in [5, 5.41) is 9.09. The van der Waals surface area contributed by atoms with Gasteiger partial charge in [-0.3, -0.25) is 18.9 Å². The number of rotatable bonds is 7. The second-order valence-corrected chi connectivity index (χ2v) is 5.77. The van der Waals surface area contributed by atoms with Gasteiger partial charge < -0.3 is 19.6 Å². The van der Waals surface area contributed by atoms with Crippen LogP contribution in [0.4, 0.5) is 0 Å². The molecule has 20 heavy (non-hydrogen) atoms. The maximum atomic E-state index is 11.6. The van der Waals surface area contributed by atoms with Crippen LogP contribution in [0.3, 0.4) is 0 Å². The Labute approximate surface area is 114 Å². The summed E-state index contributed by atoms with van der Waals surface area (Å²) in [7, 11) is -4.35. The van der Waals surface area contributed by atoms with Crippen molar-refractivity contribution in [1.82, 2.24) is 9.55 Å². The number of nitrogens with one attached hydrogen (secondary N) is 1. The van der Waals surface area contributed by atoms with Crippen LogP contribution < -0.4 is 11.2 Å². The standard InChI is InChI=1S/C10H17N2O7P/c1-2-7-3-12(10(15)11-9(7)14)4-8(5-13)19-6-20(16,17)18/h3,8,13H,2,4-6H2,1H3,(H,11,14,15)(H2,16,17,18)/t8-/m1/s1. The predicted octanol–water partition coefficient (Wildman–Crippen LogP) is -1.39. The number of hydrogen-bond acceptors (Lipinski definition) is 5. The molecule has 0 radical (unpaired) electrons. The fourth-order valence-electron chi connectivity index (χ4n) is 1.53. The summed E-state index contributed by atoms with van der Waals surface area (Å²) in [5.74, 6) is 0. The molecule has 0 fully saturated rings. The van der Waals surface area contributed by atoms with Crippen molar-refractivity contribution in [3.8, 4) is 0 Å². The van der Waals surface area contributed by atoms with E-state index in [-0.39, 0.29) is 6.54 Å². The first-order chi connectivity index (χ1) is 9.26. The molecule has 1 rings (SSSR count). The van der Waals surface area contributed by atoms with E-state index in [1.165, 1.54) is 6.20 Å². The molecule has 10 heteroatoms. The topological polar surface area (TPSA) is 142 Å². The second kappa shape index (κ2) is 6.96. The molecule has 0 bridgehead atoms. The van der Waals surface area contributed by atoms with E-state index in [9.17, 15) is 14.2 Å². The van der Waals surface area contributed by atoms with Crippen LogP contribution in [0.25, 0.3) is 0 Å². The van der Waals surface area contributed by atoms with E-state index in [1.807, 2.05) is 0 Å². The zero-order valence-corrected chi connectivity index (χ0v) is 11.7. The molecule has 0 unspecified atom stereocenters. The molecule has 0 aliphatic rings. The number of aryl methyl sites for hydroxylation is 1. The molecule has 1 atom stereocenters. The van der Waals surface area contributed by atoms with Crippen LogP contribution in [0, 0.1) is 0 Å². The molecule has 9 nitrogen and oxygen atoms in total. The molecular weight excluding hydrogens is 291 g/mol. The lowest BCUT2D eigenvalue weighted by atomic mass is 10.2. The SMILES string of the molecule is CCc1cn(C[C@H](CO)OCP(=O)(O)O)c(=O)[nH]c1=O. The molecule has 0 saturated carbocycles. The van der Waals surface area contributed by atoms with Gasteiger partial charge in [-0.1, -0.05) is 6.92 Å². The number of aromatic amines is 1. The molecule has 0 aliphatic carbocycles. The monoisotopic (exact) mass is 308 g/mol. The third-order valence-electron chi connectivity index (χ3n) is 2.55. The zero-order chi connectivity index (χ0) is 15.3. The number of aliphatic hydroxyl groups excluding tert-OH is 1. The normalized spacial score (nSPS) is 13.4. The number of H-pyrrole nitrogens is 1. The highest BCUT2D eigenvalue weighted by molar-refractivity contribution is 7.51. The van der Waals surface area contributed by atoms with Crippen LogP contribution >= 0.6 is 7.60 Å². The Morgan fingerprint density at radius 3 is 2.60 bits per heavy atom. The van der Waals surface area contributed by atoms with Gasteiger partial charge in [0.2, 0.25) is 0 Å². The van der Waals surface area contributed by atoms with E-state index < -0.39 is 37.9 Å². The number of hydrogen-bond donors (Lipinski definition) is 4. The quantitative estimate of drug-likeness (QED) is 0.454. The first-order valence-electron chi connectivity index (χ1n) is 5.86. The van der Waals surface area contributed by atoms with E-state index in [0.717, 1.165) is 4.57 Å². The van der Waals surface area contributed by atoms with E-state index in [0.29, 0.717) is 12.0 Å². The van der Waals surface area contributed by atoms with Gasteiger partial charge >= 0.3 is 13.3 Å². The van der Waals surface area contributed by atoms with E-state index >= 15 is 0 Å². The number of aromatic nitrogens is 2. The lowest BCUT2D eigenvalue weighted by molar-refractivity contribution is 0.0188. The van der Waals surface area contributed by atoms with Crippen molar-refractivity contribution < 1.29 is 24.2 Å². The molecule has 0 saturated heterocycles. The van der Waals surface area contributed by atoms with Gasteiger partial charge in [-0.2, -0.15) is 0 Å². The van der Waals surface area contributed by atoms with Crippen LogP contribution in [0.5, 0.6) is 0 Å². The van der Waals surface area contributed by atoms with Crippen molar-refractivity contribution in [2.45, 2.75) is 26.0 Å². The molecule has 0 amide bonds. The fourth-order valence-corrected chi connectivity index (χ4v) is 1.93. The maximum Gasteiger partial charge on any atom is 0.350 e. The van der Waals surface area contributed by atoms with Gasteiger partial charge in [-0.25, -0.2) is 4.79 Å². The third-order valence-corrected chi connectivity index (χ3v) is 3.03. The molecule has 1 heterocycles. The van der Waals surface area contributed by atoms with Crippen molar-refractivity contribution in [3.05, 3.63) is 32.6 Å². The van der Waals surface area contributed by atoms with Gasteiger partial charge in [-0.05, 0) is 6.42 Å². The number of nitrogens with zero attached hydrogens (tertiary/aromatic N) is 1. The van der Waals surface area contributed by atoms with Gasteiger partial charge in [-0.15, -0.1) is 0 Å². The molecule has 0 spiro atoms.